The van der Waals surface area contributed by atoms with Gasteiger partial charge in [0.2, 0.25) is 0 Å². The number of fused-ring (bicyclic) bond motifs is 1. The third-order valence-electron chi connectivity index (χ3n) is 3.74. The van der Waals surface area contributed by atoms with Gasteiger partial charge in [0.15, 0.2) is 6.29 Å². The van der Waals surface area contributed by atoms with E-state index < -0.39 is 6.09 Å². The SMILES string of the molecule is NC(=O)Oc1ccc2ccn(CCOC3CCCCO3)c2c1. The van der Waals surface area contributed by atoms with E-state index in [-0.39, 0.29) is 6.29 Å². The van der Waals surface area contributed by atoms with Crippen molar-refractivity contribution in [3.05, 3.63) is 30.5 Å². The number of nitrogens with zero attached hydrogens (tertiary/aromatic N) is 1. The van der Waals surface area contributed by atoms with E-state index in [9.17, 15) is 4.79 Å². The van der Waals surface area contributed by atoms with Gasteiger partial charge in [-0.3, -0.25) is 0 Å². The third kappa shape index (κ3) is 3.58. The highest BCUT2D eigenvalue weighted by molar-refractivity contribution is 5.82. The van der Waals surface area contributed by atoms with E-state index in [1.54, 1.807) is 12.1 Å². The molecule has 6 heteroatoms. The molecule has 118 valence electrons. The molecule has 2 aromatic rings. The molecule has 1 aliphatic rings. The maximum atomic E-state index is 10.8. The molecule has 0 bridgehead atoms. The minimum Gasteiger partial charge on any atom is -0.410 e. The van der Waals surface area contributed by atoms with E-state index in [0.717, 1.165) is 36.8 Å². The standard InChI is InChI=1S/C16H20N2O4/c17-16(19)22-13-5-4-12-6-7-18(14(12)11-13)8-10-21-15-3-1-2-9-20-15/h4-7,11,15H,1-3,8-10H2,(H2,17,19). The van der Waals surface area contributed by atoms with Gasteiger partial charge in [-0.05, 0) is 42.8 Å². The number of rotatable bonds is 5. The maximum absolute atomic E-state index is 10.8. The number of benzene rings is 1. The summed E-state index contributed by atoms with van der Waals surface area (Å²) < 4.78 is 18.3. The summed E-state index contributed by atoms with van der Waals surface area (Å²) in [6, 6.07) is 7.44. The summed E-state index contributed by atoms with van der Waals surface area (Å²) in [6.45, 7) is 2.07. The van der Waals surface area contributed by atoms with Crippen LogP contribution in [0.1, 0.15) is 19.3 Å². The van der Waals surface area contributed by atoms with Crippen molar-refractivity contribution in [2.24, 2.45) is 5.73 Å². The smallest absolute Gasteiger partial charge is 0.409 e. The molecular formula is C16H20N2O4. The number of ether oxygens (including phenoxy) is 3. The Bertz CT molecular complexity index is 647. The topological polar surface area (TPSA) is 75.7 Å². The molecule has 1 saturated heterocycles. The summed E-state index contributed by atoms with van der Waals surface area (Å²) in [5.74, 6) is 0.441. The fourth-order valence-corrected chi connectivity index (χ4v) is 2.66. The molecule has 1 fully saturated rings. The molecule has 2 heterocycles. The van der Waals surface area contributed by atoms with E-state index in [1.807, 2.05) is 18.3 Å². The Balaban J connectivity index is 1.63. The van der Waals surface area contributed by atoms with Crippen LogP contribution in [-0.4, -0.2) is 30.2 Å². The minimum atomic E-state index is -0.810. The van der Waals surface area contributed by atoms with Gasteiger partial charge >= 0.3 is 6.09 Å². The predicted octanol–water partition coefficient (Wildman–Crippen LogP) is 2.64. The zero-order valence-electron chi connectivity index (χ0n) is 12.4. The Morgan fingerprint density at radius 1 is 1.36 bits per heavy atom. The quantitative estimate of drug-likeness (QED) is 0.921. The number of hydrogen-bond acceptors (Lipinski definition) is 4. The van der Waals surface area contributed by atoms with Gasteiger partial charge < -0.3 is 24.5 Å². The van der Waals surface area contributed by atoms with Crippen molar-refractivity contribution >= 4 is 17.0 Å². The van der Waals surface area contributed by atoms with Gasteiger partial charge in [0.25, 0.3) is 0 Å². The lowest BCUT2D eigenvalue weighted by Crippen LogP contribution is -2.23. The molecule has 1 unspecified atom stereocenters. The molecule has 22 heavy (non-hydrogen) atoms. The van der Waals surface area contributed by atoms with Crippen molar-refractivity contribution in [3.63, 3.8) is 0 Å². The van der Waals surface area contributed by atoms with Gasteiger partial charge in [0, 0.05) is 25.4 Å². The van der Waals surface area contributed by atoms with Gasteiger partial charge in [-0.25, -0.2) is 4.79 Å². The molecule has 1 atom stereocenters. The fourth-order valence-electron chi connectivity index (χ4n) is 2.66. The highest BCUT2D eigenvalue weighted by Gasteiger charge is 2.13. The van der Waals surface area contributed by atoms with E-state index in [0.29, 0.717) is 18.9 Å². The van der Waals surface area contributed by atoms with Crippen molar-refractivity contribution < 1.29 is 19.0 Å². The molecule has 2 N–H and O–H groups in total. The van der Waals surface area contributed by atoms with Crippen LogP contribution >= 0.6 is 0 Å². The van der Waals surface area contributed by atoms with Crippen molar-refractivity contribution in [2.45, 2.75) is 32.1 Å². The Morgan fingerprint density at radius 3 is 3.05 bits per heavy atom. The van der Waals surface area contributed by atoms with Crippen LogP contribution in [0.2, 0.25) is 0 Å². The number of carbonyl (C=O) groups excluding carboxylic acids is 1. The van der Waals surface area contributed by atoms with Crippen LogP contribution in [0.3, 0.4) is 0 Å². The lowest BCUT2D eigenvalue weighted by atomic mass is 10.2. The maximum Gasteiger partial charge on any atom is 0.409 e. The average Bonchev–Trinajstić information content (AvgIpc) is 2.90. The van der Waals surface area contributed by atoms with Crippen LogP contribution in [0.4, 0.5) is 4.79 Å². The first-order chi connectivity index (χ1) is 10.7. The zero-order valence-corrected chi connectivity index (χ0v) is 12.4. The lowest BCUT2D eigenvalue weighted by Gasteiger charge is -2.22. The molecule has 0 spiro atoms. The Labute approximate surface area is 128 Å². The van der Waals surface area contributed by atoms with Crippen molar-refractivity contribution in [2.75, 3.05) is 13.2 Å². The van der Waals surface area contributed by atoms with Gasteiger partial charge in [-0.15, -0.1) is 0 Å². The normalized spacial score (nSPS) is 18.5. The second-order valence-corrected chi connectivity index (χ2v) is 5.32. The monoisotopic (exact) mass is 304 g/mol. The van der Waals surface area contributed by atoms with Crippen molar-refractivity contribution in [1.29, 1.82) is 0 Å². The number of primary amides is 1. The van der Waals surface area contributed by atoms with Gasteiger partial charge in [-0.1, -0.05) is 0 Å². The summed E-state index contributed by atoms with van der Waals surface area (Å²) in [6.07, 6.45) is 4.34. The highest BCUT2D eigenvalue weighted by Crippen LogP contribution is 2.22. The molecule has 1 aromatic heterocycles. The van der Waals surface area contributed by atoms with Crippen LogP contribution in [0, 0.1) is 0 Å². The van der Waals surface area contributed by atoms with Crippen LogP contribution in [0.15, 0.2) is 30.5 Å². The molecule has 3 rings (SSSR count). The van der Waals surface area contributed by atoms with Crippen LogP contribution in [-0.2, 0) is 16.0 Å². The number of amides is 1. The van der Waals surface area contributed by atoms with Gasteiger partial charge in [0.1, 0.15) is 5.75 Å². The van der Waals surface area contributed by atoms with Crippen molar-refractivity contribution in [3.8, 4) is 5.75 Å². The first-order valence-electron chi connectivity index (χ1n) is 7.52. The van der Waals surface area contributed by atoms with E-state index in [2.05, 4.69) is 4.57 Å². The summed E-state index contributed by atoms with van der Waals surface area (Å²) >= 11 is 0. The van der Waals surface area contributed by atoms with E-state index >= 15 is 0 Å². The molecule has 1 amide bonds. The first kappa shape index (κ1) is 14.9. The number of nitrogens with two attached hydrogens (primary N) is 1. The molecule has 0 aliphatic carbocycles. The molecule has 0 saturated carbocycles. The van der Waals surface area contributed by atoms with Gasteiger partial charge in [0.05, 0.1) is 12.1 Å². The summed E-state index contributed by atoms with van der Waals surface area (Å²) in [5, 5.41) is 1.07. The van der Waals surface area contributed by atoms with E-state index in [4.69, 9.17) is 19.9 Å². The first-order valence-corrected chi connectivity index (χ1v) is 7.52. The average molecular weight is 304 g/mol. The number of carbonyl (C=O) groups is 1. The third-order valence-corrected chi connectivity index (χ3v) is 3.74. The van der Waals surface area contributed by atoms with E-state index in [1.165, 1.54) is 0 Å². The Hall–Kier alpha value is -2.05. The molecule has 1 aromatic carbocycles. The predicted molar refractivity (Wildman–Crippen MR) is 81.7 cm³/mol. The largest absolute Gasteiger partial charge is 0.410 e. The zero-order chi connectivity index (χ0) is 15.4. The minimum absolute atomic E-state index is 0.0793. The summed E-state index contributed by atoms with van der Waals surface area (Å²) in [7, 11) is 0. The Kier molecular flexibility index (Phi) is 4.60. The molecule has 1 aliphatic heterocycles. The van der Waals surface area contributed by atoms with Crippen molar-refractivity contribution in [1.82, 2.24) is 4.57 Å². The molecule has 0 radical (unpaired) electrons. The second-order valence-electron chi connectivity index (χ2n) is 5.32. The highest BCUT2D eigenvalue weighted by atomic mass is 16.7. The summed E-state index contributed by atoms with van der Waals surface area (Å²) in [4.78, 5) is 10.8. The second kappa shape index (κ2) is 6.81. The van der Waals surface area contributed by atoms with Crippen LogP contribution < -0.4 is 10.5 Å². The fraction of sp³-hybridized carbons (Fsp3) is 0.438. The number of aromatic nitrogens is 1. The number of hydrogen-bond donors (Lipinski definition) is 1. The Morgan fingerprint density at radius 2 is 2.27 bits per heavy atom. The van der Waals surface area contributed by atoms with Gasteiger partial charge in [-0.2, -0.15) is 0 Å². The molecular weight excluding hydrogens is 284 g/mol. The summed E-state index contributed by atoms with van der Waals surface area (Å²) in [5.41, 5.74) is 6.02. The van der Waals surface area contributed by atoms with Crippen LogP contribution in [0.5, 0.6) is 5.75 Å². The van der Waals surface area contributed by atoms with Crippen LogP contribution in [0.25, 0.3) is 10.9 Å². The molecule has 6 nitrogen and oxygen atoms in total. The lowest BCUT2D eigenvalue weighted by molar-refractivity contribution is -0.163.